The van der Waals surface area contributed by atoms with Gasteiger partial charge in [-0.25, -0.2) is 0 Å². The third kappa shape index (κ3) is 3.22. The van der Waals surface area contributed by atoms with Crippen LogP contribution in [0.1, 0.15) is 5.56 Å². The fourth-order valence-corrected chi connectivity index (χ4v) is 1.26. The zero-order valence-corrected chi connectivity index (χ0v) is 12.0. The fourth-order valence-electron chi connectivity index (χ4n) is 0.976. The molecule has 0 aliphatic heterocycles. The smallest absolute Gasteiger partial charge is 0.228 e. The van der Waals surface area contributed by atoms with Crippen molar-refractivity contribution >= 4 is 40.3 Å². The molecule has 0 saturated carbocycles. The minimum Gasteiger partial charge on any atom is -0.353 e. The van der Waals surface area contributed by atoms with Gasteiger partial charge in [0.2, 0.25) is 5.95 Å². The number of aliphatic imine (C=N–C) groups is 1. The standard InChI is InChI=1S/C10H12Cl2N6/c1-17(2)9(12)15-8-6(5-13)7(11)14-10(16-8)18(3)4/h1-4H3/b15-9-. The summed E-state index contributed by atoms with van der Waals surface area (Å²) in [5, 5.41) is 9.28. The van der Waals surface area contributed by atoms with Crippen molar-refractivity contribution in [2.24, 2.45) is 4.99 Å². The van der Waals surface area contributed by atoms with Crippen LogP contribution in [0, 0.1) is 11.3 Å². The molecule has 0 amide bonds. The average molecular weight is 287 g/mol. The van der Waals surface area contributed by atoms with E-state index in [2.05, 4.69) is 15.0 Å². The van der Waals surface area contributed by atoms with Crippen LogP contribution < -0.4 is 4.90 Å². The highest BCUT2D eigenvalue weighted by Crippen LogP contribution is 2.25. The van der Waals surface area contributed by atoms with Crippen molar-refractivity contribution in [2.75, 3.05) is 33.1 Å². The Morgan fingerprint density at radius 2 is 1.89 bits per heavy atom. The first-order valence-corrected chi connectivity index (χ1v) is 5.69. The van der Waals surface area contributed by atoms with E-state index in [1.165, 1.54) is 0 Å². The lowest BCUT2D eigenvalue weighted by Gasteiger charge is -2.13. The molecule has 0 N–H and O–H groups in total. The molecule has 0 spiro atoms. The van der Waals surface area contributed by atoms with Crippen LogP contribution in [0.3, 0.4) is 0 Å². The van der Waals surface area contributed by atoms with E-state index in [1.54, 1.807) is 38.0 Å². The number of rotatable bonds is 2. The Morgan fingerprint density at radius 1 is 1.28 bits per heavy atom. The predicted molar refractivity (Wildman–Crippen MR) is 72.7 cm³/mol. The molecule has 0 aliphatic rings. The Balaban J connectivity index is 3.41. The van der Waals surface area contributed by atoms with E-state index in [0.717, 1.165) is 0 Å². The summed E-state index contributed by atoms with van der Waals surface area (Å²) in [4.78, 5) is 15.4. The molecule has 1 aromatic heterocycles. The SMILES string of the molecule is CN(C)/C(Cl)=N\c1nc(N(C)C)nc(Cl)c1C#N. The Labute approximate surface area is 115 Å². The Morgan fingerprint density at radius 3 is 2.33 bits per heavy atom. The zero-order chi connectivity index (χ0) is 13.9. The van der Waals surface area contributed by atoms with Crippen molar-refractivity contribution in [1.82, 2.24) is 14.9 Å². The summed E-state index contributed by atoms with van der Waals surface area (Å²) in [6.45, 7) is 0. The summed E-state index contributed by atoms with van der Waals surface area (Å²) < 4.78 is 0. The van der Waals surface area contributed by atoms with Crippen molar-refractivity contribution in [3.05, 3.63) is 10.7 Å². The van der Waals surface area contributed by atoms with Crippen LogP contribution in [0.4, 0.5) is 11.8 Å². The minimum atomic E-state index is 0.0539. The minimum absolute atomic E-state index is 0.0539. The fraction of sp³-hybridized carbons (Fsp3) is 0.400. The first-order chi connectivity index (χ1) is 8.36. The van der Waals surface area contributed by atoms with E-state index < -0.39 is 0 Å². The van der Waals surface area contributed by atoms with E-state index in [1.807, 2.05) is 6.07 Å². The molecule has 0 unspecified atom stereocenters. The second-order valence-electron chi connectivity index (χ2n) is 3.79. The second-order valence-corrected chi connectivity index (χ2v) is 4.49. The lowest BCUT2D eigenvalue weighted by atomic mass is 10.3. The maximum absolute atomic E-state index is 9.03. The van der Waals surface area contributed by atoms with Gasteiger partial charge in [-0.15, -0.1) is 0 Å². The number of halogens is 2. The molecule has 1 heterocycles. The Hall–Kier alpha value is -1.58. The highest BCUT2D eigenvalue weighted by molar-refractivity contribution is 6.64. The van der Waals surface area contributed by atoms with Crippen LogP contribution in [0.25, 0.3) is 0 Å². The third-order valence-corrected chi connectivity index (χ3v) is 2.61. The number of amidine groups is 1. The number of hydrogen-bond donors (Lipinski definition) is 0. The first kappa shape index (κ1) is 14.5. The van der Waals surface area contributed by atoms with Gasteiger partial charge in [0.15, 0.2) is 16.3 Å². The van der Waals surface area contributed by atoms with Crippen LogP contribution in [-0.4, -0.2) is 48.4 Å². The van der Waals surface area contributed by atoms with Crippen LogP contribution in [0.5, 0.6) is 0 Å². The van der Waals surface area contributed by atoms with Gasteiger partial charge in [0, 0.05) is 28.2 Å². The molecule has 0 saturated heterocycles. The molecule has 0 aromatic carbocycles. The molecule has 0 atom stereocenters. The molecule has 96 valence electrons. The van der Waals surface area contributed by atoms with Crippen molar-refractivity contribution in [3.63, 3.8) is 0 Å². The molecule has 1 aromatic rings. The van der Waals surface area contributed by atoms with Crippen molar-refractivity contribution in [2.45, 2.75) is 0 Å². The number of anilines is 1. The Bertz CT molecular complexity index is 518. The maximum atomic E-state index is 9.03. The molecule has 0 bridgehead atoms. The highest BCUT2D eigenvalue weighted by atomic mass is 35.5. The van der Waals surface area contributed by atoms with E-state index in [4.69, 9.17) is 28.5 Å². The molecule has 0 radical (unpaired) electrons. The van der Waals surface area contributed by atoms with E-state index in [0.29, 0.717) is 5.95 Å². The molecule has 18 heavy (non-hydrogen) atoms. The van der Waals surface area contributed by atoms with E-state index >= 15 is 0 Å². The number of aromatic nitrogens is 2. The van der Waals surface area contributed by atoms with Crippen molar-refractivity contribution in [3.8, 4) is 6.07 Å². The summed E-state index contributed by atoms with van der Waals surface area (Å²) in [5.41, 5.74) is 0.0993. The maximum Gasteiger partial charge on any atom is 0.228 e. The van der Waals surface area contributed by atoms with Crippen molar-refractivity contribution < 1.29 is 0 Å². The van der Waals surface area contributed by atoms with Gasteiger partial charge in [-0.2, -0.15) is 20.2 Å². The molecule has 6 nitrogen and oxygen atoms in total. The van der Waals surface area contributed by atoms with Crippen LogP contribution in [-0.2, 0) is 0 Å². The molecular formula is C10H12Cl2N6. The monoisotopic (exact) mass is 286 g/mol. The number of nitriles is 1. The quantitative estimate of drug-likeness (QED) is 0.359. The molecule has 1 rings (SSSR count). The molecule has 8 heteroatoms. The van der Waals surface area contributed by atoms with Gasteiger partial charge in [-0.3, -0.25) is 0 Å². The van der Waals surface area contributed by atoms with Gasteiger partial charge in [-0.1, -0.05) is 11.6 Å². The summed E-state index contributed by atoms with van der Waals surface area (Å²) in [6, 6.07) is 1.91. The number of hydrogen-bond acceptors (Lipinski definition) is 5. The van der Waals surface area contributed by atoms with Gasteiger partial charge < -0.3 is 9.80 Å². The second kappa shape index (κ2) is 5.85. The molecule has 0 fully saturated rings. The number of nitrogens with zero attached hydrogens (tertiary/aromatic N) is 6. The molecule has 0 aliphatic carbocycles. The largest absolute Gasteiger partial charge is 0.353 e. The lowest BCUT2D eigenvalue weighted by Crippen LogP contribution is -2.16. The lowest BCUT2D eigenvalue weighted by molar-refractivity contribution is 0.634. The highest BCUT2D eigenvalue weighted by Gasteiger charge is 2.14. The summed E-state index contributed by atoms with van der Waals surface area (Å²) >= 11 is 11.8. The van der Waals surface area contributed by atoms with E-state index in [-0.39, 0.29) is 21.8 Å². The molecular weight excluding hydrogens is 275 g/mol. The predicted octanol–water partition coefficient (Wildman–Crippen LogP) is 1.86. The topological polar surface area (TPSA) is 68.4 Å². The van der Waals surface area contributed by atoms with Crippen molar-refractivity contribution in [1.29, 1.82) is 5.26 Å². The van der Waals surface area contributed by atoms with Crippen LogP contribution in [0.2, 0.25) is 5.15 Å². The van der Waals surface area contributed by atoms with Gasteiger partial charge in [0.25, 0.3) is 0 Å². The van der Waals surface area contributed by atoms with Gasteiger partial charge in [0.1, 0.15) is 11.6 Å². The summed E-state index contributed by atoms with van der Waals surface area (Å²) in [7, 11) is 6.98. The summed E-state index contributed by atoms with van der Waals surface area (Å²) in [5.74, 6) is 0.515. The Kier molecular flexibility index (Phi) is 4.70. The first-order valence-electron chi connectivity index (χ1n) is 4.93. The van der Waals surface area contributed by atoms with Gasteiger partial charge in [-0.05, 0) is 11.6 Å². The van der Waals surface area contributed by atoms with Gasteiger partial charge >= 0.3 is 0 Å². The van der Waals surface area contributed by atoms with Crippen LogP contribution in [0.15, 0.2) is 4.99 Å². The normalized spacial score (nSPS) is 11.1. The third-order valence-electron chi connectivity index (χ3n) is 1.91. The van der Waals surface area contributed by atoms with Gasteiger partial charge in [0.05, 0.1) is 0 Å². The summed E-state index contributed by atoms with van der Waals surface area (Å²) in [6.07, 6.45) is 0. The van der Waals surface area contributed by atoms with E-state index in [9.17, 15) is 0 Å². The zero-order valence-electron chi connectivity index (χ0n) is 10.4. The average Bonchev–Trinajstić information content (AvgIpc) is 2.28. The van der Waals surface area contributed by atoms with Crippen LogP contribution >= 0.6 is 23.2 Å².